The maximum absolute atomic E-state index is 12.6. The second kappa shape index (κ2) is 7.29. The first-order valence-corrected chi connectivity index (χ1v) is 8.26. The van der Waals surface area contributed by atoms with Crippen molar-refractivity contribution < 1.29 is 4.79 Å². The van der Waals surface area contributed by atoms with Gasteiger partial charge in [0.15, 0.2) is 5.82 Å². The van der Waals surface area contributed by atoms with E-state index in [4.69, 9.17) is 5.73 Å². The second-order valence-electron chi connectivity index (χ2n) is 6.25. The molecule has 1 aromatic carbocycles. The molecule has 1 saturated heterocycles. The standard InChI is InChI=1S/C18H23N5O/c1-22(18(24)12-14-6-8-15(19)9-7-14)16-4-3-11-23(13-16)17-5-2-10-20-21-17/h2,5-10,16H,3-4,11-13,19H2,1H3. The molecule has 2 N–H and O–H groups in total. The average Bonchev–Trinajstić information content (AvgIpc) is 2.64. The van der Waals surface area contributed by atoms with Crippen LogP contribution in [0.4, 0.5) is 11.5 Å². The highest BCUT2D eigenvalue weighted by Gasteiger charge is 2.26. The third-order valence-corrected chi connectivity index (χ3v) is 4.55. The maximum Gasteiger partial charge on any atom is 0.227 e. The van der Waals surface area contributed by atoms with E-state index >= 15 is 0 Å². The van der Waals surface area contributed by atoms with Gasteiger partial charge in [0.2, 0.25) is 5.91 Å². The summed E-state index contributed by atoms with van der Waals surface area (Å²) in [6.07, 6.45) is 4.13. The molecule has 1 unspecified atom stereocenters. The number of piperidine rings is 1. The van der Waals surface area contributed by atoms with Gasteiger partial charge in [0.1, 0.15) is 0 Å². The van der Waals surface area contributed by atoms with Crippen LogP contribution in [0.5, 0.6) is 0 Å². The minimum Gasteiger partial charge on any atom is -0.399 e. The summed E-state index contributed by atoms with van der Waals surface area (Å²) in [5.41, 5.74) is 7.40. The Hall–Kier alpha value is -2.63. The molecule has 2 heterocycles. The van der Waals surface area contributed by atoms with Crippen LogP contribution in [-0.4, -0.2) is 47.2 Å². The van der Waals surface area contributed by atoms with Crippen LogP contribution in [0, 0.1) is 0 Å². The van der Waals surface area contributed by atoms with E-state index in [1.54, 1.807) is 6.20 Å². The number of aromatic nitrogens is 2. The molecule has 0 aliphatic carbocycles. The Morgan fingerprint density at radius 1 is 1.33 bits per heavy atom. The summed E-state index contributed by atoms with van der Waals surface area (Å²) in [4.78, 5) is 16.7. The topological polar surface area (TPSA) is 75.3 Å². The van der Waals surface area contributed by atoms with Gasteiger partial charge >= 0.3 is 0 Å². The molecule has 2 aromatic rings. The fraction of sp³-hybridized carbons (Fsp3) is 0.389. The molecule has 0 radical (unpaired) electrons. The summed E-state index contributed by atoms with van der Waals surface area (Å²) in [7, 11) is 1.89. The van der Waals surface area contributed by atoms with Crippen LogP contribution in [0.15, 0.2) is 42.6 Å². The molecule has 1 aliphatic rings. The summed E-state index contributed by atoms with van der Waals surface area (Å²) in [6, 6.07) is 11.5. The number of likely N-dealkylation sites (N-methyl/N-ethyl adjacent to an activating group) is 1. The highest BCUT2D eigenvalue weighted by molar-refractivity contribution is 5.79. The minimum absolute atomic E-state index is 0.130. The fourth-order valence-corrected chi connectivity index (χ4v) is 3.08. The number of rotatable bonds is 4. The predicted octanol–water partition coefficient (Wildman–Crippen LogP) is 1.73. The van der Waals surface area contributed by atoms with Crippen molar-refractivity contribution in [3.8, 4) is 0 Å². The van der Waals surface area contributed by atoms with E-state index in [-0.39, 0.29) is 11.9 Å². The molecule has 1 fully saturated rings. The Morgan fingerprint density at radius 3 is 2.83 bits per heavy atom. The zero-order valence-electron chi connectivity index (χ0n) is 13.9. The zero-order chi connectivity index (χ0) is 16.9. The van der Waals surface area contributed by atoms with Crippen LogP contribution in [-0.2, 0) is 11.2 Å². The highest BCUT2D eigenvalue weighted by atomic mass is 16.2. The van der Waals surface area contributed by atoms with E-state index in [2.05, 4.69) is 15.1 Å². The molecule has 1 aliphatic heterocycles. The second-order valence-corrected chi connectivity index (χ2v) is 6.25. The Labute approximate surface area is 142 Å². The fourth-order valence-electron chi connectivity index (χ4n) is 3.08. The van der Waals surface area contributed by atoms with Gasteiger partial charge in [-0.3, -0.25) is 4.79 Å². The van der Waals surface area contributed by atoms with Gasteiger partial charge in [-0.25, -0.2) is 0 Å². The number of carbonyl (C=O) groups excluding carboxylic acids is 1. The number of anilines is 2. The van der Waals surface area contributed by atoms with E-state index in [1.807, 2.05) is 48.3 Å². The van der Waals surface area contributed by atoms with E-state index in [0.29, 0.717) is 12.1 Å². The van der Waals surface area contributed by atoms with E-state index in [9.17, 15) is 4.79 Å². The van der Waals surface area contributed by atoms with Gasteiger partial charge in [-0.05, 0) is 42.7 Å². The van der Waals surface area contributed by atoms with Crippen LogP contribution in [0.25, 0.3) is 0 Å². The lowest BCUT2D eigenvalue weighted by atomic mass is 10.0. The number of benzene rings is 1. The van der Waals surface area contributed by atoms with Gasteiger partial charge in [0, 0.05) is 38.1 Å². The van der Waals surface area contributed by atoms with Crippen molar-refractivity contribution in [3.63, 3.8) is 0 Å². The van der Waals surface area contributed by atoms with Crippen LogP contribution in [0.3, 0.4) is 0 Å². The Kier molecular flexibility index (Phi) is 4.93. The molecule has 1 amide bonds. The predicted molar refractivity (Wildman–Crippen MR) is 94.6 cm³/mol. The zero-order valence-corrected chi connectivity index (χ0v) is 13.9. The van der Waals surface area contributed by atoms with E-state index in [0.717, 1.165) is 37.3 Å². The average molecular weight is 325 g/mol. The molecule has 1 atom stereocenters. The molecular weight excluding hydrogens is 302 g/mol. The monoisotopic (exact) mass is 325 g/mol. The largest absolute Gasteiger partial charge is 0.399 e. The molecule has 6 nitrogen and oxygen atoms in total. The van der Waals surface area contributed by atoms with E-state index < -0.39 is 0 Å². The number of nitrogens with two attached hydrogens (primary N) is 1. The summed E-state index contributed by atoms with van der Waals surface area (Å²) in [6.45, 7) is 1.75. The number of carbonyl (C=O) groups is 1. The van der Waals surface area contributed by atoms with Gasteiger partial charge in [-0.15, -0.1) is 5.10 Å². The number of hydrogen-bond donors (Lipinski definition) is 1. The lowest BCUT2D eigenvalue weighted by molar-refractivity contribution is -0.131. The van der Waals surface area contributed by atoms with E-state index in [1.165, 1.54) is 0 Å². The third-order valence-electron chi connectivity index (χ3n) is 4.55. The molecule has 24 heavy (non-hydrogen) atoms. The molecule has 6 heteroatoms. The summed E-state index contributed by atoms with van der Waals surface area (Å²) in [5, 5.41) is 8.12. The van der Waals surface area contributed by atoms with Crippen molar-refractivity contribution >= 4 is 17.4 Å². The first-order chi connectivity index (χ1) is 11.6. The van der Waals surface area contributed by atoms with Crippen LogP contribution in [0.2, 0.25) is 0 Å². The van der Waals surface area contributed by atoms with Crippen molar-refractivity contribution in [2.45, 2.75) is 25.3 Å². The van der Waals surface area contributed by atoms with Crippen molar-refractivity contribution in [2.24, 2.45) is 0 Å². The maximum atomic E-state index is 12.6. The van der Waals surface area contributed by atoms with Crippen LogP contribution >= 0.6 is 0 Å². The number of amides is 1. The Balaban J connectivity index is 1.62. The van der Waals surface area contributed by atoms with Gasteiger partial charge in [0.25, 0.3) is 0 Å². The minimum atomic E-state index is 0.130. The SMILES string of the molecule is CN(C(=O)Cc1ccc(N)cc1)C1CCCN(c2cccnn2)C1. The molecule has 1 aromatic heterocycles. The Morgan fingerprint density at radius 2 is 2.12 bits per heavy atom. The number of nitrogens with zero attached hydrogens (tertiary/aromatic N) is 4. The van der Waals surface area contributed by atoms with Crippen LogP contribution in [0.1, 0.15) is 18.4 Å². The molecule has 0 saturated carbocycles. The van der Waals surface area contributed by atoms with Crippen molar-refractivity contribution in [3.05, 3.63) is 48.2 Å². The van der Waals surface area contributed by atoms with Gasteiger partial charge in [-0.2, -0.15) is 5.10 Å². The summed E-state index contributed by atoms with van der Waals surface area (Å²) in [5.74, 6) is 1.01. The normalized spacial score (nSPS) is 17.5. The first kappa shape index (κ1) is 16.2. The molecule has 0 bridgehead atoms. The van der Waals surface area contributed by atoms with Crippen molar-refractivity contribution in [1.29, 1.82) is 0 Å². The molecule has 0 spiro atoms. The molecule has 3 rings (SSSR count). The Bertz CT molecular complexity index is 674. The quantitative estimate of drug-likeness (QED) is 0.867. The van der Waals surface area contributed by atoms with Crippen molar-refractivity contribution in [1.82, 2.24) is 15.1 Å². The number of hydrogen-bond acceptors (Lipinski definition) is 5. The third kappa shape index (κ3) is 3.82. The van der Waals surface area contributed by atoms with Crippen LogP contribution < -0.4 is 10.6 Å². The molecule has 126 valence electrons. The lowest BCUT2D eigenvalue weighted by Gasteiger charge is -2.38. The lowest BCUT2D eigenvalue weighted by Crippen LogP contribution is -2.49. The molecular formula is C18H23N5O. The van der Waals surface area contributed by atoms with Gasteiger partial charge < -0.3 is 15.5 Å². The smallest absolute Gasteiger partial charge is 0.227 e. The highest BCUT2D eigenvalue weighted by Crippen LogP contribution is 2.20. The van der Waals surface area contributed by atoms with Gasteiger partial charge in [0.05, 0.1) is 6.42 Å². The first-order valence-electron chi connectivity index (χ1n) is 8.26. The summed E-state index contributed by atoms with van der Waals surface area (Å²) < 4.78 is 0. The number of nitrogen functional groups attached to an aromatic ring is 1. The van der Waals surface area contributed by atoms with Crippen molar-refractivity contribution in [2.75, 3.05) is 30.8 Å². The summed E-state index contributed by atoms with van der Waals surface area (Å²) >= 11 is 0. The van der Waals surface area contributed by atoms with Gasteiger partial charge in [-0.1, -0.05) is 12.1 Å².